The van der Waals surface area contributed by atoms with Crippen molar-refractivity contribution >= 4 is 16.0 Å². The highest BCUT2D eigenvalue weighted by molar-refractivity contribution is 7.89. The van der Waals surface area contributed by atoms with Crippen molar-refractivity contribution in [2.24, 2.45) is 5.41 Å². The van der Waals surface area contributed by atoms with Gasteiger partial charge in [-0.15, -0.1) is 0 Å². The summed E-state index contributed by atoms with van der Waals surface area (Å²) in [5.41, 5.74) is 0.791. The predicted octanol–water partition coefficient (Wildman–Crippen LogP) is 4.12. The van der Waals surface area contributed by atoms with E-state index in [2.05, 4.69) is 18.6 Å². The summed E-state index contributed by atoms with van der Waals surface area (Å²) in [4.78, 5) is 12.6. The van der Waals surface area contributed by atoms with Crippen LogP contribution in [-0.4, -0.2) is 28.0 Å². The molecular weight excluding hydrogens is 374 g/mol. The quantitative estimate of drug-likeness (QED) is 0.478. The minimum Gasteiger partial charge on any atom is -0.469 e. The minimum absolute atomic E-state index is 0.146. The summed E-state index contributed by atoms with van der Waals surface area (Å²) in [6, 6.07) is 18.0. The summed E-state index contributed by atoms with van der Waals surface area (Å²) in [6.07, 6.45) is 2.10. The molecule has 0 amide bonds. The van der Waals surface area contributed by atoms with Gasteiger partial charge in [-0.25, -0.2) is 13.1 Å². The molecule has 1 atom stereocenters. The molecule has 28 heavy (non-hydrogen) atoms. The van der Waals surface area contributed by atoms with E-state index in [-0.39, 0.29) is 22.2 Å². The molecule has 0 aromatic heterocycles. The molecule has 0 saturated heterocycles. The number of nitrogens with one attached hydrogen (secondary N) is 1. The monoisotopic (exact) mass is 403 g/mol. The van der Waals surface area contributed by atoms with Crippen LogP contribution in [0.5, 0.6) is 0 Å². The number of carbonyl (C=O) groups excluding carboxylic acids is 1. The van der Waals surface area contributed by atoms with E-state index in [1.54, 1.807) is 30.3 Å². The first kappa shape index (κ1) is 22.1. The zero-order valence-corrected chi connectivity index (χ0v) is 17.5. The van der Waals surface area contributed by atoms with E-state index in [4.69, 9.17) is 4.74 Å². The fourth-order valence-corrected chi connectivity index (χ4v) is 4.37. The molecule has 152 valence electrons. The fraction of sp³-hybridized carbons (Fsp3) is 0.409. The molecule has 5 nitrogen and oxygen atoms in total. The Morgan fingerprint density at radius 2 is 1.61 bits per heavy atom. The number of hydrogen-bond acceptors (Lipinski definition) is 4. The van der Waals surface area contributed by atoms with Gasteiger partial charge in [0.05, 0.1) is 17.9 Å². The van der Waals surface area contributed by atoms with E-state index in [1.807, 2.05) is 30.3 Å². The predicted molar refractivity (Wildman–Crippen MR) is 110 cm³/mol. The molecule has 2 aromatic rings. The maximum atomic E-state index is 12.3. The summed E-state index contributed by atoms with van der Waals surface area (Å²) >= 11 is 0. The van der Waals surface area contributed by atoms with E-state index in [0.717, 1.165) is 12.0 Å². The number of methoxy groups -OCH3 is 1. The van der Waals surface area contributed by atoms with Crippen molar-refractivity contribution in [1.82, 2.24) is 4.72 Å². The third-order valence-electron chi connectivity index (χ3n) is 4.82. The average molecular weight is 404 g/mol. The molecule has 2 rings (SSSR count). The van der Waals surface area contributed by atoms with Crippen LogP contribution in [0.4, 0.5) is 0 Å². The van der Waals surface area contributed by atoms with Gasteiger partial charge in [0.2, 0.25) is 10.0 Å². The molecule has 0 radical (unpaired) electrons. The molecule has 1 N–H and O–H groups in total. The summed E-state index contributed by atoms with van der Waals surface area (Å²) in [5.74, 6) is -0.578. The summed E-state index contributed by atoms with van der Waals surface area (Å²) < 4.78 is 32.2. The fourth-order valence-electron chi connectivity index (χ4n) is 3.28. The van der Waals surface area contributed by atoms with Crippen molar-refractivity contribution in [1.29, 1.82) is 0 Å². The first-order chi connectivity index (χ1) is 13.2. The maximum Gasteiger partial charge on any atom is 0.313 e. The van der Waals surface area contributed by atoms with Gasteiger partial charge in [0, 0.05) is 6.54 Å². The minimum atomic E-state index is -3.49. The number of ether oxygens (including phenoxy) is 1. The SMILES string of the molecule is COC(=O)C(CC(C)(C)CCCNS(=O)(=O)c1ccccc1)c1ccccc1. The molecule has 0 aliphatic heterocycles. The molecule has 6 heteroatoms. The van der Waals surface area contributed by atoms with Crippen molar-refractivity contribution in [3.63, 3.8) is 0 Å². The topological polar surface area (TPSA) is 72.5 Å². The van der Waals surface area contributed by atoms with Gasteiger partial charge in [-0.3, -0.25) is 4.79 Å². The molecular formula is C22H29NO4S. The normalized spacial score (nSPS) is 13.1. The van der Waals surface area contributed by atoms with Crippen molar-refractivity contribution in [3.8, 4) is 0 Å². The van der Waals surface area contributed by atoms with Crippen LogP contribution >= 0.6 is 0 Å². The van der Waals surface area contributed by atoms with Crippen molar-refractivity contribution in [2.75, 3.05) is 13.7 Å². The number of carbonyl (C=O) groups is 1. The van der Waals surface area contributed by atoms with Gasteiger partial charge in [-0.2, -0.15) is 0 Å². The van der Waals surface area contributed by atoms with Crippen molar-refractivity contribution < 1.29 is 17.9 Å². The van der Waals surface area contributed by atoms with Crippen LogP contribution in [0.25, 0.3) is 0 Å². The molecule has 0 bridgehead atoms. The Morgan fingerprint density at radius 1 is 1.04 bits per heavy atom. The molecule has 0 saturated carbocycles. The second kappa shape index (κ2) is 9.85. The Labute approximate surface area is 168 Å². The number of benzene rings is 2. The van der Waals surface area contributed by atoms with Crippen LogP contribution < -0.4 is 4.72 Å². The maximum absolute atomic E-state index is 12.3. The van der Waals surface area contributed by atoms with Gasteiger partial charge in [-0.05, 0) is 42.4 Å². The lowest BCUT2D eigenvalue weighted by atomic mass is 9.77. The van der Waals surface area contributed by atoms with E-state index in [0.29, 0.717) is 19.4 Å². The summed E-state index contributed by atoms with van der Waals surface area (Å²) in [6.45, 7) is 4.55. The Balaban J connectivity index is 1.92. The van der Waals surface area contributed by atoms with Gasteiger partial charge >= 0.3 is 5.97 Å². The lowest BCUT2D eigenvalue weighted by molar-refractivity contribution is -0.143. The Hall–Kier alpha value is -2.18. The van der Waals surface area contributed by atoms with Crippen LogP contribution in [0.2, 0.25) is 0 Å². The summed E-state index contributed by atoms with van der Waals surface area (Å²) in [5, 5.41) is 0. The second-order valence-corrected chi connectivity index (χ2v) is 9.44. The molecule has 1 unspecified atom stereocenters. The second-order valence-electron chi connectivity index (χ2n) is 7.67. The van der Waals surface area contributed by atoms with Gasteiger partial charge < -0.3 is 4.74 Å². The van der Waals surface area contributed by atoms with Crippen LogP contribution in [-0.2, 0) is 19.6 Å². The first-order valence-corrected chi connectivity index (χ1v) is 10.9. The highest BCUT2D eigenvalue weighted by Crippen LogP contribution is 2.36. The Morgan fingerprint density at radius 3 is 2.18 bits per heavy atom. The van der Waals surface area contributed by atoms with Crippen LogP contribution in [0, 0.1) is 5.41 Å². The van der Waals surface area contributed by atoms with Gasteiger partial charge in [0.15, 0.2) is 0 Å². The van der Waals surface area contributed by atoms with Crippen LogP contribution in [0.1, 0.15) is 44.6 Å². The van der Waals surface area contributed by atoms with E-state index in [9.17, 15) is 13.2 Å². The lowest BCUT2D eigenvalue weighted by Crippen LogP contribution is -2.27. The molecule has 0 aliphatic rings. The number of esters is 1. The van der Waals surface area contributed by atoms with Gasteiger partial charge in [-0.1, -0.05) is 62.4 Å². The Bertz CT molecular complexity index is 849. The zero-order chi connectivity index (χ0) is 20.6. The molecule has 0 spiro atoms. The van der Waals surface area contributed by atoms with Gasteiger partial charge in [0.1, 0.15) is 0 Å². The standard InChI is InChI=1S/C22H29NO4S/c1-22(2,17-20(21(24)27-3)18-11-6-4-7-12-18)15-10-16-23-28(25,26)19-13-8-5-9-14-19/h4-9,11-14,20,23H,10,15-17H2,1-3H3. The first-order valence-electron chi connectivity index (χ1n) is 9.43. The molecule has 0 heterocycles. The van der Waals surface area contributed by atoms with Crippen molar-refractivity contribution in [3.05, 3.63) is 66.2 Å². The molecule has 0 aliphatic carbocycles. The van der Waals surface area contributed by atoms with Crippen molar-refractivity contribution in [2.45, 2.75) is 43.9 Å². The molecule has 0 fully saturated rings. The lowest BCUT2D eigenvalue weighted by Gasteiger charge is -2.29. The van der Waals surface area contributed by atoms with Crippen LogP contribution in [0.15, 0.2) is 65.6 Å². The number of hydrogen-bond donors (Lipinski definition) is 1. The number of sulfonamides is 1. The van der Waals surface area contributed by atoms with E-state index < -0.39 is 10.0 Å². The largest absolute Gasteiger partial charge is 0.469 e. The smallest absolute Gasteiger partial charge is 0.313 e. The highest BCUT2D eigenvalue weighted by atomic mass is 32.2. The van der Waals surface area contributed by atoms with E-state index >= 15 is 0 Å². The molecule has 2 aromatic carbocycles. The van der Waals surface area contributed by atoms with E-state index in [1.165, 1.54) is 7.11 Å². The third-order valence-corrected chi connectivity index (χ3v) is 6.30. The van der Waals surface area contributed by atoms with Gasteiger partial charge in [0.25, 0.3) is 0 Å². The summed E-state index contributed by atoms with van der Waals surface area (Å²) in [7, 11) is -2.08. The van der Waals surface area contributed by atoms with Crippen LogP contribution in [0.3, 0.4) is 0 Å². The number of rotatable bonds is 10. The highest BCUT2D eigenvalue weighted by Gasteiger charge is 2.29. The Kier molecular flexibility index (Phi) is 7.78. The third kappa shape index (κ3) is 6.46. The average Bonchev–Trinajstić information content (AvgIpc) is 2.70. The zero-order valence-electron chi connectivity index (χ0n) is 16.7.